The first-order valence-electron chi connectivity index (χ1n) is 6.43. The van der Waals surface area contributed by atoms with Crippen molar-refractivity contribution < 1.29 is 8.42 Å². The molecule has 108 valence electrons. The van der Waals surface area contributed by atoms with Gasteiger partial charge in [0.2, 0.25) is 10.0 Å². The van der Waals surface area contributed by atoms with Gasteiger partial charge in [-0.25, -0.2) is 8.42 Å². The lowest BCUT2D eigenvalue weighted by atomic mass is 10.4. The monoisotopic (exact) mass is 303 g/mol. The van der Waals surface area contributed by atoms with Crippen LogP contribution in [0, 0.1) is 6.92 Å². The summed E-state index contributed by atoms with van der Waals surface area (Å²) >= 11 is 1.47. The second-order valence-electron chi connectivity index (χ2n) is 4.90. The van der Waals surface area contributed by atoms with Crippen LogP contribution in [-0.4, -0.2) is 50.8 Å². The van der Waals surface area contributed by atoms with Crippen LogP contribution < -0.4 is 5.73 Å². The Morgan fingerprint density at radius 3 is 2.68 bits per heavy atom. The number of hydrogen-bond acceptors (Lipinski definition) is 5. The summed E-state index contributed by atoms with van der Waals surface area (Å²) in [4.78, 5) is 4.35. The molecular formula is C12H21N3O2S2. The van der Waals surface area contributed by atoms with Crippen molar-refractivity contribution in [2.24, 2.45) is 5.73 Å². The molecule has 0 spiro atoms. The Labute approximate surface area is 119 Å². The highest BCUT2D eigenvalue weighted by molar-refractivity contribution is 7.89. The normalized spacial score (nSPS) is 19.5. The molecule has 0 saturated carbocycles. The van der Waals surface area contributed by atoms with Crippen LogP contribution in [0.1, 0.15) is 16.2 Å². The number of nitrogens with two attached hydrogens (primary N) is 1. The van der Waals surface area contributed by atoms with Gasteiger partial charge >= 0.3 is 0 Å². The number of hydrogen-bond donors (Lipinski definition) is 1. The van der Waals surface area contributed by atoms with E-state index in [0.717, 1.165) is 29.3 Å². The smallest absolute Gasteiger partial charge is 0.244 e. The van der Waals surface area contributed by atoms with Crippen molar-refractivity contribution >= 4 is 21.4 Å². The molecule has 0 bridgehead atoms. The third-order valence-corrected chi connectivity index (χ3v) is 6.65. The standard InChI is InChI=1S/C12H21N3O2S2/c1-10-12(8-11(9-13)18-10)19(16,17)15-5-3-4-14(2)6-7-15/h8H,3-7,9,13H2,1-2H3. The lowest BCUT2D eigenvalue weighted by molar-refractivity contribution is 0.347. The van der Waals surface area contributed by atoms with Gasteiger partial charge in [0.15, 0.2) is 0 Å². The number of rotatable bonds is 3. The van der Waals surface area contributed by atoms with Crippen LogP contribution in [0.3, 0.4) is 0 Å². The largest absolute Gasteiger partial charge is 0.326 e. The van der Waals surface area contributed by atoms with Crippen LogP contribution in [0.25, 0.3) is 0 Å². The predicted octanol–water partition coefficient (Wildman–Crippen LogP) is 0.841. The Bertz CT molecular complexity index is 539. The summed E-state index contributed by atoms with van der Waals surface area (Å²) in [7, 11) is -1.34. The molecule has 1 aliphatic rings. The zero-order valence-corrected chi connectivity index (χ0v) is 13.1. The van der Waals surface area contributed by atoms with Gasteiger partial charge in [-0.3, -0.25) is 0 Å². The van der Waals surface area contributed by atoms with Gasteiger partial charge in [-0.2, -0.15) is 4.31 Å². The molecule has 1 fully saturated rings. The second-order valence-corrected chi connectivity index (χ2v) is 8.15. The lowest BCUT2D eigenvalue weighted by Crippen LogP contribution is -2.34. The average Bonchev–Trinajstić information content (AvgIpc) is 2.60. The van der Waals surface area contributed by atoms with Gasteiger partial charge in [0, 0.05) is 35.9 Å². The first-order valence-corrected chi connectivity index (χ1v) is 8.69. The minimum Gasteiger partial charge on any atom is -0.326 e. The SMILES string of the molecule is Cc1sc(CN)cc1S(=O)(=O)N1CCCN(C)CC1. The second kappa shape index (κ2) is 5.88. The molecular weight excluding hydrogens is 282 g/mol. The van der Waals surface area contributed by atoms with Crippen molar-refractivity contribution in [1.29, 1.82) is 0 Å². The minimum atomic E-state index is -3.37. The van der Waals surface area contributed by atoms with Crippen LogP contribution in [-0.2, 0) is 16.6 Å². The summed E-state index contributed by atoms with van der Waals surface area (Å²) in [6.07, 6.45) is 0.878. The van der Waals surface area contributed by atoms with Gasteiger partial charge in [0.1, 0.15) is 0 Å². The Hall–Kier alpha value is -0.470. The first kappa shape index (κ1) is 14.9. The predicted molar refractivity (Wildman–Crippen MR) is 77.8 cm³/mol. The maximum Gasteiger partial charge on any atom is 0.244 e. The molecule has 1 saturated heterocycles. The molecule has 0 unspecified atom stereocenters. The van der Waals surface area contributed by atoms with Gasteiger partial charge in [-0.05, 0) is 33.0 Å². The summed E-state index contributed by atoms with van der Waals surface area (Å²) in [6.45, 7) is 5.13. The highest BCUT2D eigenvalue weighted by Gasteiger charge is 2.28. The van der Waals surface area contributed by atoms with E-state index in [1.165, 1.54) is 11.3 Å². The van der Waals surface area contributed by atoms with E-state index in [9.17, 15) is 8.42 Å². The number of nitrogens with zero attached hydrogens (tertiary/aromatic N) is 2. The van der Waals surface area contributed by atoms with Crippen LogP contribution in [0.4, 0.5) is 0 Å². The van der Waals surface area contributed by atoms with E-state index in [2.05, 4.69) is 4.90 Å². The number of thiophene rings is 1. The molecule has 0 atom stereocenters. The third-order valence-electron chi connectivity index (χ3n) is 3.42. The highest BCUT2D eigenvalue weighted by Crippen LogP contribution is 2.28. The number of likely N-dealkylation sites (N-methyl/N-ethyl adjacent to an activating group) is 1. The zero-order chi connectivity index (χ0) is 14.0. The van der Waals surface area contributed by atoms with Gasteiger partial charge in [-0.1, -0.05) is 0 Å². The van der Waals surface area contributed by atoms with Crippen LogP contribution >= 0.6 is 11.3 Å². The van der Waals surface area contributed by atoms with E-state index >= 15 is 0 Å². The molecule has 1 aromatic rings. The zero-order valence-electron chi connectivity index (χ0n) is 11.4. The Morgan fingerprint density at radius 1 is 1.32 bits per heavy atom. The van der Waals surface area contributed by atoms with Crippen molar-refractivity contribution in [3.63, 3.8) is 0 Å². The van der Waals surface area contributed by atoms with Crippen molar-refractivity contribution in [3.05, 3.63) is 15.8 Å². The van der Waals surface area contributed by atoms with E-state index in [0.29, 0.717) is 24.5 Å². The average molecular weight is 303 g/mol. The third kappa shape index (κ3) is 3.17. The molecule has 0 amide bonds. The summed E-state index contributed by atoms with van der Waals surface area (Å²) in [5.41, 5.74) is 5.59. The summed E-state index contributed by atoms with van der Waals surface area (Å²) in [6, 6.07) is 1.73. The molecule has 0 radical (unpaired) electrons. The fraction of sp³-hybridized carbons (Fsp3) is 0.667. The molecule has 7 heteroatoms. The highest BCUT2D eigenvalue weighted by atomic mass is 32.2. The summed E-state index contributed by atoms with van der Waals surface area (Å²) < 4.78 is 26.9. The molecule has 0 aliphatic carbocycles. The molecule has 0 aromatic carbocycles. The fourth-order valence-electron chi connectivity index (χ4n) is 2.28. The molecule has 1 aromatic heterocycles. The van der Waals surface area contributed by atoms with Crippen molar-refractivity contribution in [3.8, 4) is 0 Å². The van der Waals surface area contributed by atoms with Crippen molar-refractivity contribution in [1.82, 2.24) is 9.21 Å². The van der Waals surface area contributed by atoms with Gasteiger partial charge in [-0.15, -0.1) is 11.3 Å². The topological polar surface area (TPSA) is 66.6 Å². The Kier molecular flexibility index (Phi) is 4.62. The maximum absolute atomic E-state index is 12.7. The van der Waals surface area contributed by atoms with E-state index in [1.54, 1.807) is 10.4 Å². The van der Waals surface area contributed by atoms with Gasteiger partial charge in [0.05, 0.1) is 4.90 Å². The molecule has 2 N–H and O–H groups in total. The number of aryl methyl sites for hydroxylation is 1. The first-order chi connectivity index (χ1) is 8.95. The molecule has 2 rings (SSSR count). The van der Waals surface area contributed by atoms with E-state index in [-0.39, 0.29) is 0 Å². The summed E-state index contributed by atoms with van der Waals surface area (Å²) in [5.74, 6) is 0. The van der Waals surface area contributed by atoms with Gasteiger partial charge < -0.3 is 10.6 Å². The van der Waals surface area contributed by atoms with E-state index < -0.39 is 10.0 Å². The van der Waals surface area contributed by atoms with Crippen LogP contribution in [0.15, 0.2) is 11.0 Å². The van der Waals surface area contributed by atoms with Crippen LogP contribution in [0.2, 0.25) is 0 Å². The maximum atomic E-state index is 12.7. The molecule has 19 heavy (non-hydrogen) atoms. The van der Waals surface area contributed by atoms with E-state index in [1.807, 2.05) is 14.0 Å². The van der Waals surface area contributed by atoms with Crippen LogP contribution in [0.5, 0.6) is 0 Å². The van der Waals surface area contributed by atoms with Crippen molar-refractivity contribution in [2.75, 3.05) is 33.2 Å². The Balaban J connectivity index is 2.28. The number of sulfonamides is 1. The molecule has 5 nitrogen and oxygen atoms in total. The fourth-order valence-corrected chi connectivity index (χ4v) is 5.24. The molecule has 2 heterocycles. The van der Waals surface area contributed by atoms with Crippen molar-refractivity contribution in [2.45, 2.75) is 24.8 Å². The minimum absolute atomic E-state index is 0.393. The summed E-state index contributed by atoms with van der Waals surface area (Å²) in [5, 5.41) is 0. The molecule has 1 aliphatic heterocycles. The quantitative estimate of drug-likeness (QED) is 0.898. The van der Waals surface area contributed by atoms with E-state index in [4.69, 9.17) is 5.73 Å². The Morgan fingerprint density at radius 2 is 2.05 bits per heavy atom. The lowest BCUT2D eigenvalue weighted by Gasteiger charge is -2.20. The van der Waals surface area contributed by atoms with Gasteiger partial charge in [0.25, 0.3) is 0 Å².